The number of aromatic nitrogens is 1. The molecule has 3 heteroatoms. The first kappa shape index (κ1) is 10.7. The van der Waals surface area contributed by atoms with Crippen molar-refractivity contribution in [1.29, 1.82) is 5.26 Å². The molecule has 0 amide bonds. The summed E-state index contributed by atoms with van der Waals surface area (Å²) in [6.07, 6.45) is 3.30. The van der Waals surface area contributed by atoms with Gasteiger partial charge < -0.3 is 5.73 Å². The minimum absolute atomic E-state index is 0.711. The normalized spacial score (nSPS) is 8.20. The number of rotatable bonds is 0. The minimum Gasteiger partial charge on any atom is -0.397 e. The van der Waals surface area contributed by atoms with Crippen LogP contribution in [0.4, 0.5) is 5.69 Å². The molecule has 0 bridgehead atoms. The van der Waals surface area contributed by atoms with E-state index in [9.17, 15) is 0 Å². The van der Waals surface area contributed by atoms with Crippen LogP contribution in [0.3, 0.4) is 0 Å². The number of nitrogens with zero attached hydrogens (tertiary/aromatic N) is 2. The van der Waals surface area contributed by atoms with E-state index in [2.05, 4.69) is 4.98 Å². The second-order valence-corrected chi connectivity index (χ2v) is 2.76. The number of anilines is 1. The van der Waals surface area contributed by atoms with Gasteiger partial charge in [0.2, 0.25) is 0 Å². The van der Waals surface area contributed by atoms with Crippen LogP contribution in [-0.4, -0.2) is 4.98 Å². The van der Waals surface area contributed by atoms with Gasteiger partial charge in [-0.25, -0.2) is 0 Å². The standard InChI is InChI=1S/C7H5N.C5H6N2/c8-6-7-4-2-1-3-5-7;6-5-2-1-3-7-4-5/h1-5H;1-4H,6H2. The first-order chi connectivity index (χ1) is 7.33. The van der Waals surface area contributed by atoms with Crippen molar-refractivity contribution in [3.63, 3.8) is 0 Å². The highest BCUT2D eigenvalue weighted by Crippen LogP contribution is 1.93. The lowest BCUT2D eigenvalue weighted by Gasteiger charge is -1.83. The Bertz CT molecular complexity index is 418. The van der Waals surface area contributed by atoms with E-state index >= 15 is 0 Å². The third-order valence-electron chi connectivity index (χ3n) is 1.59. The first-order valence-electron chi connectivity index (χ1n) is 4.43. The largest absolute Gasteiger partial charge is 0.397 e. The molecule has 0 aliphatic rings. The first-order valence-corrected chi connectivity index (χ1v) is 4.43. The van der Waals surface area contributed by atoms with Gasteiger partial charge in [0.05, 0.1) is 17.3 Å². The van der Waals surface area contributed by atoms with Gasteiger partial charge in [0.25, 0.3) is 0 Å². The molecule has 0 spiro atoms. The number of pyridine rings is 1. The highest BCUT2D eigenvalue weighted by molar-refractivity contribution is 5.32. The fourth-order valence-corrected chi connectivity index (χ4v) is 0.889. The zero-order chi connectivity index (χ0) is 10.9. The Balaban J connectivity index is 0.000000151. The summed E-state index contributed by atoms with van der Waals surface area (Å²) in [6, 6.07) is 14.8. The average molecular weight is 197 g/mol. The van der Waals surface area contributed by atoms with Gasteiger partial charge in [0.15, 0.2) is 0 Å². The number of nitrogen functional groups attached to an aromatic ring is 1. The summed E-state index contributed by atoms with van der Waals surface area (Å²) in [6.45, 7) is 0. The van der Waals surface area contributed by atoms with Gasteiger partial charge in [-0.2, -0.15) is 5.26 Å². The van der Waals surface area contributed by atoms with E-state index in [1.807, 2.05) is 24.3 Å². The third kappa shape index (κ3) is 4.44. The molecular weight excluding hydrogens is 186 g/mol. The van der Waals surface area contributed by atoms with Crippen LogP contribution in [0, 0.1) is 11.3 Å². The molecule has 0 aliphatic heterocycles. The van der Waals surface area contributed by atoms with E-state index in [0.29, 0.717) is 11.3 Å². The monoisotopic (exact) mass is 197 g/mol. The topological polar surface area (TPSA) is 62.7 Å². The van der Waals surface area contributed by atoms with Crippen LogP contribution in [0.25, 0.3) is 0 Å². The van der Waals surface area contributed by atoms with Crippen LogP contribution >= 0.6 is 0 Å². The Kier molecular flexibility index (Phi) is 4.41. The van der Waals surface area contributed by atoms with Crippen molar-refractivity contribution in [2.45, 2.75) is 0 Å². The second kappa shape index (κ2) is 6.17. The van der Waals surface area contributed by atoms with Crippen molar-refractivity contribution < 1.29 is 0 Å². The molecule has 0 aliphatic carbocycles. The predicted octanol–water partition coefficient (Wildman–Crippen LogP) is 2.22. The number of hydrogen-bond acceptors (Lipinski definition) is 3. The van der Waals surface area contributed by atoms with Crippen molar-refractivity contribution in [2.24, 2.45) is 0 Å². The molecule has 0 fully saturated rings. The highest BCUT2D eigenvalue weighted by Gasteiger charge is 1.79. The molecule has 15 heavy (non-hydrogen) atoms. The van der Waals surface area contributed by atoms with Gasteiger partial charge >= 0.3 is 0 Å². The van der Waals surface area contributed by atoms with Crippen LogP contribution in [-0.2, 0) is 0 Å². The van der Waals surface area contributed by atoms with E-state index in [0.717, 1.165) is 0 Å². The zero-order valence-corrected chi connectivity index (χ0v) is 8.17. The Labute approximate surface area is 88.8 Å². The van der Waals surface area contributed by atoms with E-state index in [1.54, 1.807) is 36.7 Å². The molecule has 0 saturated carbocycles. The van der Waals surface area contributed by atoms with Gasteiger partial charge in [0.1, 0.15) is 0 Å². The number of nitriles is 1. The summed E-state index contributed by atoms with van der Waals surface area (Å²) in [7, 11) is 0. The molecule has 3 nitrogen and oxygen atoms in total. The SMILES string of the molecule is N#Cc1ccccc1.Nc1cccnc1. The summed E-state index contributed by atoms with van der Waals surface area (Å²) < 4.78 is 0. The smallest absolute Gasteiger partial charge is 0.0991 e. The molecule has 0 unspecified atom stereocenters. The molecule has 0 saturated heterocycles. The molecule has 2 N–H and O–H groups in total. The summed E-state index contributed by atoms with van der Waals surface area (Å²) >= 11 is 0. The van der Waals surface area contributed by atoms with Gasteiger partial charge in [-0.3, -0.25) is 4.98 Å². The summed E-state index contributed by atoms with van der Waals surface area (Å²) in [5.74, 6) is 0. The van der Waals surface area contributed by atoms with Gasteiger partial charge in [0, 0.05) is 12.4 Å². The fraction of sp³-hybridized carbons (Fsp3) is 0. The van der Waals surface area contributed by atoms with Crippen molar-refractivity contribution >= 4 is 5.69 Å². The maximum atomic E-state index is 8.29. The highest BCUT2D eigenvalue weighted by atomic mass is 14.7. The third-order valence-corrected chi connectivity index (χ3v) is 1.59. The fourth-order valence-electron chi connectivity index (χ4n) is 0.889. The Hall–Kier alpha value is -2.34. The number of nitrogens with two attached hydrogens (primary N) is 1. The molecule has 1 aromatic carbocycles. The molecule has 2 rings (SSSR count). The molecule has 0 atom stereocenters. The average Bonchev–Trinajstić information content (AvgIpc) is 2.32. The second-order valence-electron chi connectivity index (χ2n) is 2.76. The molecule has 2 aromatic rings. The molecule has 1 aromatic heterocycles. The predicted molar refractivity (Wildman–Crippen MR) is 59.8 cm³/mol. The summed E-state index contributed by atoms with van der Waals surface area (Å²) in [4.78, 5) is 3.76. The lowest BCUT2D eigenvalue weighted by atomic mass is 10.2. The van der Waals surface area contributed by atoms with Gasteiger partial charge in [-0.15, -0.1) is 0 Å². The number of hydrogen-bond donors (Lipinski definition) is 1. The Morgan fingerprint density at radius 2 is 1.80 bits per heavy atom. The quantitative estimate of drug-likeness (QED) is 0.704. The van der Waals surface area contributed by atoms with E-state index in [-0.39, 0.29) is 0 Å². The Morgan fingerprint density at radius 1 is 1.07 bits per heavy atom. The maximum Gasteiger partial charge on any atom is 0.0991 e. The Morgan fingerprint density at radius 3 is 2.13 bits per heavy atom. The zero-order valence-electron chi connectivity index (χ0n) is 8.17. The lowest BCUT2D eigenvalue weighted by molar-refractivity contribution is 1.33. The lowest BCUT2D eigenvalue weighted by Crippen LogP contribution is -1.82. The van der Waals surface area contributed by atoms with Gasteiger partial charge in [-0.1, -0.05) is 18.2 Å². The van der Waals surface area contributed by atoms with Crippen molar-refractivity contribution in [2.75, 3.05) is 5.73 Å². The van der Waals surface area contributed by atoms with E-state index < -0.39 is 0 Å². The number of benzene rings is 1. The van der Waals surface area contributed by atoms with Gasteiger partial charge in [-0.05, 0) is 24.3 Å². The summed E-state index contributed by atoms with van der Waals surface area (Å²) in [5, 5.41) is 8.29. The summed E-state index contributed by atoms with van der Waals surface area (Å²) in [5.41, 5.74) is 6.72. The molecule has 0 radical (unpaired) electrons. The maximum absolute atomic E-state index is 8.29. The van der Waals surface area contributed by atoms with Crippen LogP contribution in [0.15, 0.2) is 54.9 Å². The molecule has 74 valence electrons. The minimum atomic E-state index is 0.711. The molecular formula is C12H11N3. The van der Waals surface area contributed by atoms with E-state index in [4.69, 9.17) is 11.0 Å². The van der Waals surface area contributed by atoms with Crippen LogP contribution < -0.4 is 5.73 Å². The van der Waals surface area contributed by atoms with Crippen molar-refractivity contribution in [3.05, 3.63) is 60.4 Å². The van der Waals surface area contributed by atoms with E-state index in [1.165, 1.54) is 0 Å². The van der Waals surface area contributed by atoms with Crippen LogP contribution in [0.2, 0.25) is 0 Å². The van der Waals surface area contributed by atoms with Crippen molar-refractivity contribution in [3.8, 4) is 6.07 Å². The van der Waals surface area contributed by atoms with Crippen LogP contribution in [0.1, 0.15) is 5.56 Å². The van der Waals surface area contributed by atoms with Crippen LogP contribution in [0.5, 0.6) is 0 Å². The van der Waals surface area contributed by atoms with Crippen molar-refractivity contribution in [1.82, 2.24) is 4.98 Å². The molecule has 1 heterocycles.